The van der Waals surface area contributed by atoms with Crippen LogP contribution < -0.4 is 4.90 Å². The number of hydrogen-bond acceptors (Lipinski definition) is 4. The van der Waals surface area contributed by atoms with Crippen LogP contribution >= 0.6 is 11.6 Å². The lowest BCUT2D eigenvalue weighted by atomic mass is 10.2. The van der Waals surface area contributed by atoms with Crippen LogP contribution in [0.1, 0.15) is 23.0 Å². The molecule has 0 bridgehead atoms. The lowest BCUT2D eigenvalue weighted by Crippen LogP contribution is -2.37. The van der Waals surface area contributed by atoms with Gasteiger partial charge in [-0.2, -0.15) is 5.10 Å². The predicted molar refractivity (Wildman–Crippen MR) is 108 cm³/mol. The van der Waals surface area contributed by atoms with Gasteiger partial charge in [0.05, 0.1) is 11.4 Å². The van der Waals surface area contributed by atoms with Crippen LogP contribution in [0.5, 0.6) is 0 Å². The number of esters is 1. The average molecular weight is 416 g/mol. The van der Waals surface area contributed by atoms with Crippen molar-refractivity contribution in [1.82, 2.24) is 9.78 Å². The van der Waals surface area contributed by atoms with Gasteiger partial charge in [0.15, 0.2) is 6.10 Å². The van der Waals surface area contributed by atoms with E-state index in [1.807, 2.05) is 18.2 Å². The summed E-state index contributed by atoms with van der Waals surface area (Å²) in [6, 6.07) is 14.5. The number of aromatic nitrogens is 2. The number of likely N-dealkylation sites (N-methyl/N-ethyl adjacent to an activating group) is 1. The zero-order valence-electron chi connectivity index (χ0n) is 16.1. The molecular formula is C21H19ClFN3O3. The second-order valence-corrected chi connectivity index (χ2v) is 6.78. The van der Waals surface area contributed by atoms with Crippen molar-refractivity contribution in [3.8, 4) is 5.69 Å². The number of anilines is 1. The van der Waals surface area contributed by atoms with Crippen molar-refractivity contribution in [3.63, 3.8) is 0 Å². The topological polar surface area (TPSA) is 64.4 Å². The van der Waals surface area contributed by atoms with Crippen molar-refractivity contribution in [3.05, 3.63) is 76.8 Å². The van der Waals surface area contributed by atoms with Crippen LogP contribution in [0.25, 0.3) is 5.69 Å². The highest BCUT2D eigenvalue weighted by Gasteiger charge is 2.28. The molecule has 1 aromatic heterocycles. The Morgan fingerprint density at radius 3 is 2.38 bits per heavy atom. The Bertz CT molecular complexity index is 1040. The number of halogens is 2. The summed E-state index contributed by atoms with van der Waals surface area (Å²) in [6.45, 7) is 3.10. The summed E-state index contributed by atoms with van der Waals surface area (Å²) >= 11 is 6.33. The number of rotatable bonds is 5. The summed E-state index contributed by atoms with van der Waals surface area (Å²) in [7, 11) is 1.60. The first kappa shape index (κ1) is 20.5. The monoisotopic (exact) mass is 415 g/mol. The second kappa shape index (κ2) is 8.45. The Kier molecular flexibility index (Phi) is 5.98. The normalized spacial score (nSPS) is 11.8. The Balaban J connectivity index is 1.78. The lowest BCUT2D eigenvalue weighted by Gasteiger charge is -2.21. The van der Waals surface area contributed by atoms with Gasteiger partial charge in [-0.1, -0.05) is 29.8 Å². The summed E-state index contributed by atoms with van der Waals surface area (Å²) in [5.41, 5.74) is 1.56. The van der Waals surface area contributed by atoms with Gasteiger partial charge in [0.25, 0.3) is 5.91 Å². The molecule has 150 valence electrons. The van der Waals surface area contributed by atoms with Crippen molar-refractivity contribution >= 4 is 29.2 Å². The van der Waals surface area contributed by atoms with Crippen molar-refractivity contribution in [2.75, 3.05) is 11.9 Å². The molecule has 6 nitrogen and oxygen atoms in total. The number of carbonyl (C=O) groups excluding carboxylic acids is 2. The molecule has 29 heavy (non-hydrogen) atoms. The standard InChI is InChI=1S/C21H19ClFN3O3/c1-13-18(19(22)26(24-13)17-11-9-15(23)10-12-17)21(28)29-14(2)20(27)25(3)16-7-5-4-6-8-16/h4-12,14H,1-3H3/t14-/m1/s1. The molecule has 8 heteroatoms. The SMILES string of the molecule is Cc1nn(-c2ccc(F)cc2)c(Cl)c1C(=O)O[C@H](C)C(=O)N(C)c1ccccc1. The molecule has 0 aliphatic heterocycles. The van der Waals surface area contributed by atoms with E-state index in [0.29, 0.717) is 17.1 Å². The van der Waals surface area contributed by atoms with Crippen molar-refractivity contribution < 1.29 is 18.7 Å². The third-order valence-corrected chi connectivity index (χ3v) is 4.73. The smallest absolute Gasteiger partial charge is 0.344 e. The minimum Gasteiger partial charge on any atom is -0.449 e. The fourth-order valence-electron chi connectivity index (χ4n) is 2.81. The molecule has 3 aromatic rings. The maximum Gasteiger partial charge on any atom is 0.344 e. The highest BCUT2D eigenvalue weighted by molar-refractivity contribution is 6.33. The maximum absolute atomic E-state index is 13.1. The molecule has 0 aliphatic rings. The van der Waals surface area contributed by atoms with E-state index in [1.54, 1.807) is 26.1 Å². The number of hydrogen-bond donors (Lipinski definition) is 0. The second-order valence-electron chi connectivity index (χ2n) is 6.42. The molecule has 0 radical (unpaired) electrons. The van der Waals surface area contributed by atoms with E-state index < -0.39 is 17.9 Å². The molecule has 0 saturated heterocycles. The number of para-hydroxylation sites is 1. The van der Waals surface area contributed by atoms with Gasteiger partial charge in [0, 0.05) is 12.7 Å². The molecule has 1 amide bonds. The van der Waals surface area contributed by atoms with Crippen LogP contribution in [-0.4, -0.2) is 34.8 Å². The molecule has 0 fully saturated rings. The number of carbonyl (C=O) groups is 2. The summed E-state index contributed by atoms with van der Waals surface area (Å²) in [6.07, 6.45) is -1.03. The van der Waals surface area contributed by atoms with E-state index >= 15 is 0 Å². The van der Waals surface area contributed by atoms with E-state index in [-0.39, 0.29) is 16.6 Å². The van der Waals surface area contributed by atoms with Gasteiger partial charge in [-0.25, -0.2) is 13.9 Å². The first-order valence-electron chi connectivity index (χ1n) is 8.84. The van der Waals surface area contributed by atoms with E-state index in [0.717, 1.165) is 0 Å². The van der Waals surface area contributed by atoms with Crippen LogP contribution in [-0.2, 0) is 9.53 Å². The van der Waals surface area contributed by atoms with Gasteiger partial charge >= 0.3 is 5.97 Å². The minimum absolute atomic E-state index is 0.0233. The van der Waals surface area contributed by atoms with Crippen LogP contribution in [0.4, 0.5) is 10.1 Å². The zero-order valence-corrected chi connectivity index (χ0v) is 16.9. The zero-order chi connectivity index (χ0) is 21.1. The van der Waals surface area contributed by atoms with Gasteiger partial charge in [-0.05, 0) is 50.2 Å². The van der Waals surface area contributed by atoms with Crippen LogP contribution in [0.3, 0.4) is 0 Å². The van der Waals surface area contributed by atoms with Crippen molar-refractivity contribution in [1.29, 1.82) is 0 Å². The maximum atomic E-state index is 13.1. The Morgan fingerprint density at radius 1 is 1.14 bits per heavy atom. The van der Waals surface area contributed by atoms with E-state index in [4.69, 9.17) is 16.3 Å². The van der Waals surface area contributed by atoms with Gasteiger partial charge in [0.1, 0.15) is 16.5 Å². The molecule has 1 heterocycles. The van der Waals surface area contributed by atoms with Crippen molar-refractivity contribution in [2.45, 2.75) is 20.0 Å². The van der Waals surface area contributed by atoms with E-state index in [1.165, 1.54) is 40.8 Å². The quantitative estimate of drug-likeness (QED) is 0.586. The van der Waals surface area contributed by atoms with E-state index in [9.17, 15) is 14.0 Å². The van der Waals surface area contributed by atoms with Crippen LogP contribution in [0.15, 0.2) is 54.6 Å². The Morgan fingerprint density at radius 2 is 1.76 bits per heavy atom. The highest BCUT2D eigenvalue weighted by atomic mass is 35.5. The molecule has 0 spiro atoms. The van der Waals surface area contributed by atoms with Crippen LogP contribution in [0.2, 0.25) is 5.15 Å². The third kappa shape index (κ3) is 4.30. The number of benzene rings is 2. The highest BCUT2D eigenvalue weighted by Crippen LogP contribution is 2.25. The van der Waals surface area contributed by atoms with Gasteiger partial charge < -0.3 is 9.64 Å². The molecule has 2 aromatic carbocycles. The van der Waals surface area contributed by atoms with Crippen LogP contribution in [0, 0.1) is 12.7 Å². The molecular weight excluding hydrogens is 397 g/mol. The fourth-order valence-corrected chi connectivity index (χ4v) is 3.16. The minimum atomic E-state index is -1.03. The predicted octanol–water partition coefficient (Wildman–Crippen LogP) is 4.18. The molecule has 0 aliphatic carbocycles. The Hall–Kier alpha value is -3.19. The summed E-state index contributed by atoms with van der Waals surface area (Å²) in [5, 5.41) is 4.26. The van der Waals surface area contributed by atoms with Gasteiger partial charge in [-0.3, -0.25) is 4.79 Å². The van der Waals surface area contributed by atoms with E-state index in [2.05, 4.69) is 5.10 Å². The summed E-state index contributed by atoms with van der Waals surface area (Å²) in [5.74, 6) is -1.55. The first-order valence-corrected chi connectivity index (χ1v) is 9.22. The summed E-state index contributed by atoms with van der Waals surface area (Å²) < 4.78 is 19.8. The number of amides is 1. The largest absolute Gasteiger partial charge is 0.449 e. The average Bonchev–Trinajstić information content (AvgIpc) is 3.02. The van der Waals surface area contributed by atoms with Gasteiger partial charge in [0.2, 0.25) is 0 Å². The molecule has 0 unspecified atom stereocenters. The lowest BCUT2D eigenvalue weighted by molar-refractivity contribution is -0.126. The van der Waals surface area contributed by atoms with Crippen molar-refractivity contribution in [2.24, 2.45) is 0 Å². The molecule has 0 N–H and O–H groups in total. The number of ether oxygens (including phenoxy) is 1. The summed E-state index contributed by atoms with van der Waals surface area (Å²) in [4.78, 5) is 26.7. The number of nitrogens with zero attached hydrogens (tertiary/aromatic N) is 3. The fraction of sp³-hybridized carbons (Fsp3) is 0.190. The molecule has 0 saturated carbocycles. The third-order valence-electron chi connectivity index (χ3n) is 4.39. The number of aryl methyl sites for hydroxylation is 1. The Labute approximate surface area is 172 Å². The molecule has 3 rings (SSSR count). The molecule has 1 atom stereocenters. The van der Waals surface area contributed by atoms with Gasteiger partial charge in [-0.15, -0.1) is 0 Å². The first-order chi connectivity index (χ1) is 13.8.